The van der Waals surface area contributed by atoms with Crippen LogP contribution in [-0.4, -0.2) is 29.0 Å². The number of anilines is 2. The van der Waals surface area contributed by atoms with Gasteiger partial charge in [-0.15, -0.1) is 10.2 Å². The molecular formula is C13H16N4O2S2. The molecule has 0 aliphatic heterocycles. The van der Waals surface area contributed by atoms with Crippen molar-refractivity contribution in [1.82, 2.24) is 10.2 Å². The first-order valence-electron chi connectivity index (χ1n) is 6.25. The number of hydrogen-bond donors (Lipinski definition) is 2. The second-order valence-electron chi connectivity index (χ2n) is 4.19. The Morgan fingerprint density at radius 1 is 1.48 bits per heavy atom. The van der Waals surface area contributed by atoms with Crippen LogP contribution in [0.5, 0.6) is 5.75 Å². The lowest BCUT2D eigenvalue weighted by atomic mass is 10.2. The number of nitrogens with zero attached hydrogens (tertiary/aromatic N) is 2. The minimum Gasteiger partial charge on any atom is -0.494 e. The zero-order chi connectivity index (χ0) is 15.2. The second-order valence-corrected chi connectivity index (χ2v) is 6.72. The summed E-state index contributed by atoms with van der Waals surface area (Å²) in [5.74, 6) is 1.13. The Kier molecular flexibility index (Phi) is 5.40. The SMILES string of the molecule is COc1cc(N)ccc1NC(=O)CCSc1nnc(C)s1. The van der Waals surface area contributed by atoms with Crippen molar-refractivity contribution in [2.24, 2.45) is 0 Å². The quantitative estimate of drug-likeness (QED) is 0.627. The molecule has 0 radical (unpaired) electrons. The molecule has 3 N–H and O–H groups in total. The third-order valence-corrected chi connectivity index (χ3v) is 4.54. The summed E-state index contributed by atoms with van der Waals surface area (Å²) in [6.07, 6.45) is 0.386. The van der Waals surface area contributed by atoms with Crippen molar-refractivity contribution in [3.05, 3.63) is 23.2 Å². The van der Waals surface area contributed by atoms with Crippen LogP contribution in [0.4, 0.5) is 11.4 Å². The van der Waals surface area contributed by atoms with Crippen molar-refractivity contribution >= 4 is 40.4 Å². The maximum atomic E-state index is 11.9. The fraction of sp³-hybridized carbons (Fsp3) is 0.308. The van der Waals surface area contributed by atoms with E-state index in [0.29, 0.717) is 29.3 Å². The van der Waals surface area contributed by atoms with E-state index in [1.54, 1.807) is 18.2 Å². The molecule has 6 nitrogen and oxygen atoms in total. The van der Waals surface area contributed by atoms with Gasteiger partial charge in [0.05, 0.1) is 12.8 Å². The van der Waals surface area contributed by atoms with Gasteiger partial charge in [0.1, 0.15) is 10.8 Å². The molecule has 1 heterocycles. The number of thioether (sulfide) groups is 1. The van der Waals surface area contributed by atoms with E-state index in [0.717, 1.165) is 9.35 Å². The molecule has 0 saturated carbocycles. The lowest BCUT2D eigenvalue weighted by Gasteiger charge is -2.10. The number of hydrogen-bond acceptors (Lipinski definition) is 7. The lowest BCUT2D eigenvalue weighted by molar-refractivity contribution is -0.115. The largest absolute Gasteiger partial charge is 0.494 e. The zero-order valence-electron chi connectivity index (χ0n) is 11.8. The molecule has 0 saturated heterocycles. The normalized spacial score (nSPS) is 10.4. The fourth-order valence-corrected chi connectivity index (χ4v) is 3.42. The molecule has 2 aromatic rings. The van der Waals surface area contributed by atoms with Gasteiger partial charge in [-0.2, -0.15) is 0 Å². The van der Waals surface area contributed by atoms with Gasteiger partial charge in [-0.3, -0.25) is 4.79 Å². The number of methoxy groups -OCH3 is 1. The first kappa shape index (κ1) is 15.6. The second kappa shape index (κ2) is 7.28. The summed E-state index contributed by atoms with van der Waals surface area (Å²) in [6, 6.07) is 5.12. The van der Waals surface area contributed by atoms with Crippen LogP contribution in [0.2, 0.25) is 0 Å². The van der Waals surface area contributed by atoms with Crippen molar-refractivity contribution in [3.63, 3.8) is 0 Å². The Morgan fingerprint density at radius 2 is 2.29 bits per heavy atom. The molecule has 0 aliphatic rings. The van der Waals surface area contributed by atoms with E-state index in [9.17, 15) is 4.79 Å². The van der Waals surface area contributed by atoms with E-state index < -0.39 is 0 Å². The van der Waals surface area contributed by atoms with Crippen molar-refractivity contribution in [2.75, 3.05) is 23.9 Å². The monoisotopic (exact) mass is 324 g/mol. The van der Waals surface area contributed by atoms with Gasteiger partial charge in [0.25, 0.3) is 0 Å². The molecule has 2 rings (SSSR count). The minimum atomic E-state index is -0.0770. The van der Waals surface area contributed by atoms with E-state index in [1.807, 2.05) is 6.92 Å². The van der Waals surface area contributed by atoms with Gasteiger partial charge in [0.2, 0.25) is 5.91 Å². The van der Waals surface area contributed by atoms with Gasteiger partial charge in [-0.05, 0) is 19.1 Å². The number of nitrogens with two attached hydrogens (primary N) is 1. The van der Waals surface area contributed by atoms with E-state index in [4.69, 9.17) is 10.5 Å². The summed E-state index contributed by atoms with van der Waals surface area (Å²) in [5, 5.41) is 11.7. The lowest BCUT2D eigenvalue weighted by Crippen LogP contribution is -2.13. The zero-order valence-corrected chi connectivity index (χ0v) is 13.4. The number of ether oxygens (including phenoxy) is 1. The highest BCUT2D eigenvalue weighted by atomic mass is 32.2. The van der Waals surface area contributed by atoms with Crippen molar-refractivity contribution in [1.29, 1.82) is 0 Å². The summed E-state index contributed by atoms with van der Waals surface area (Å²) < 4.78 is 6.07. The predicted octanol–water partition coefficient (Wildman–Crippen LogP) is 2.56. The molecule has 21 heavy (non-hydrogen) atoms. The molecule has 0 aliphatic carbocycles. The maximum absolute atomic E-state index is 11.9. The Hall–Kier alpha value is -1.80. The number of aryl methyl sites for hydroxylation is 1. The van der Waals surface area contributed by atoms with Gasteiger partial charge in [-0.25, -0.2) is 0 Å². The van der Waals surface area contributed by atoms with Gasteiger partial charge in [-0.1, -0.05) is 23.1 Å². The topological polar surface area (TPSA) is 90.1 Å². The summed E-state index contributed by atoms with van der Waals surface area (Å²) in [6.45, 7) is 1.90. The van der Waals surface area contributed by atoms with Crippen LogP contribution in [0, 0.1) is 6.92 Å². The van der Waals surface area contributed by atoms with Crippen molar-refractivity contribution in [2.45, 2.75) is 17.7 Å². The number of aromatic nitrogens is 2. The Labute approximate surface area is 131 Å². The fourth-order valence-electron chi connectivity index (χ4n) is 1.59. The predicted molar refractivity (Wildman–Crippen MR) is 86.0 cm³/mol. The molecule has 0 atom stereocenters. The summed E-state index contributed by atoms with van der Waals surface area (Å²) in [4.78, 5) is 11.9. The smallest absolute Gasteiger partial charge is 0.225 e. The van der Waals surface area contributed by atoms with Crippen LogP contribution >= 0.6 is 23.1 Å². The van der Waals surface area contributed by atoms with Crippen molar-refractivity contribution < 1.29 is 9.53 Å². The summed E-state index contributed by atoms with van der Waals surface area (Å²) >= 11 is 3.05. The van der Waals surface area contributed by atoms with E-state index in [2.05, 4.69) is 15.5 Å². The highest BCUT2D eigenvalue weighted by molar-refractivity contribution is 8.01. The van der Waals surface area contributed by atoms with Gasteiger partial charge in [0, 0.05) is 23.9 Å². The van der Waals surface area contributed by atoms with Crippen LogP contribution in [-0.2, 0) is 4.79 Å². The molecule has 0 unspecified atom stereocenters. The van der Waals surface area contributed by atoms with E-state index in [-0.39, 0.29) is 5.91 Å². The van der Waals surface area contributed by atoms with E-state index >= 15 is 0 Å². The Bertz CT molecular complexity index is 630. The van der Waals surface area contributed by atoms with Gasteiger partial charge >= 0.3 is 0 Å². The number of carbonyl (C=O) groups is 1. The molecule has 1 amide bonds. The highest BCUT2D eigenvalue weighted by Gasteiger charge is 2.09. The average molecular weight is 324 g/mol. The van der Waals surface area contributed by atoms with Gasteiger partial charge in [0.15, 0.2) is 4.34 Å². The number of amides is 1. The first-order chi connectivity index (χ1) is 10.1. The molecule has 0 fully saturated rings. The third-order valence-electron chi connectivity index (χ3n) is 2.56. The molecular weight excluding hydrogens is 308 g/mol. The third kappa shape index (κ3) is 4.61. The average Bonchev–Trinajstić information content (AvgIpc) is 2.86. The number of benzene rings is 1. The highest BCUT2D eigenvalue weighted by Crippen LogP contribution is 2.27. The molecule has 1 aromatic carbocycles. The Morgan fingerprint density at radius 3 is 2.95 bits per heavy atom. The van der Waals surface area contributed by atoms with E-state index in [1.165, 1.54) is 30.2 Å². The number of carbonyl (C=O) groups excluding carboxylic acids is 1. The van der Waals surface area contributed by atoms with Crippen LogP contribution in [0.3, 0.4) is 0 Å². The molecule has 0 spiro atoms. The number of nitrogens with one attached hydrogen (secondary N) is 1. The summed E-state index contributed by atoms with van der Waals surface area (Å²) in [7, 11) is 1.54. The standard InChI is InChI=1S/C13H16N4O2S2/c1-8-16-17-13(21-8)20-6-5-12(18)15-10-4-3-9(14)7-11(10)19-2/h3-4,7H,5-6,14H2,1-2H3,(H,15,18). The number of rotatable bonds is 6. The maximum Gasteiger partial charge on any atom is 0.225 e. The molecule has 8 heteroatoms. The summed E-state index contributed by atoms with van der Waals surface area (Å²) in [5.41, 5.74) is 6.88. The van der Waals surface area contributed by atoms with Crippen LogP contribution < -0.4 is 15.8 Å². The van der Waals surface area contributed by atoms with Crippen LogP contribution in [0.25, 0.3) is 0 Å². The minimum absolute atomic E-state index is 0.0770. The van der Waals surface area contributed by atoms with Gasteiger partial charge < -0.3 is 15.8 Å². The molecule has 0 bridgehead atoms. The van der Waals surface area contributed by atoms with Crippen LogP contribution in [0.15, 0.2) is 22.5 Å². The Balaban J connectivity index is 1.84. The molecule has 1 aromatic heterocycles. The van der Waals surface area contributed by atoms with Crippen LogP contribution in [0.1, 0.15) is 11.4 Å². The molecule has 112 valence electrons. The van der Waals surface area contributed by atoms with Crippen molar-refractivity contribution in [3.8, 4) is 5.75 Å². The first-order valence-corrected chi connectivity index (χ1v) is 8.05. The number of nitrogen functional groups attached to an aromatic ring is 1.